The fourth-order valence-electron chi connectivity index (χ4n) is 2.20. The molecule has 0 unspecified atom stereocenters. The molecule has 2 heterocycles. The highest BCUT2D eigenvalue weighted by Crippen LogP contribution is 2.29. The fraction of sp³-hybridized carbons (Fsp3) is 0.615. The summed E-state index contributed by atoms with van der Waals surface area (Å²) in [6.45, 7) is 7.54. The van der Waals surface area contributed by atoms with E-state index in [4.69, 9.17) is 0 Å². The molecular weight excluding hydrogens is 321 g/mol. The first kappa shape index (κ1) is 17.0. The van der Waals surface area contributed by atoms with Crippen LogP contribution < -0.4 is 4.18 Å². The molecule has 22 heavy (non-hydrogen) atoms. The highest BCUT2D eigenvalue weighted by atomic mass is 32.2. The van der Waals surface area contributed by atoms with Gasteiger partial charge in [-0.2, -0.15) is 21.6 Å². The second-order valence-electron chi connectivity index (χ2n) is 6.12. The maximum absolute atomic E-state index is 12.3. The van der Waals surface area contributed by atoms with Crippen LogP contribution in [0.5, 0.6) is 5.88 Å². The summed E-state index contributed by atoms with van der Waals surface area (Å²) in [6.07, 6.45) is 1.96. The zero-order valence-corrected chi connectivity index (χ0v) is 13.3. The van der Waals surface area contributed by atoms with Gasteiger partial charge in [-0.15, -0.1) is 0 Å². The van der Waals surface area contributed by atoms with Gasteiger partial charge in [0.2, 0.25) is 5.88 Å². The summed E-state index contributed by atoms with van der Waals surface area (Å²) in [4.78, 5) is 5.89. The quantitative estimate of drug-likeness (QED) is 0.612. The van der Waals surface area contributed by atoms with Gasteiger partial charge in [-0.05, 0) is 38.3 Å². The van der Waals surface area contributed by atoms with Gasteiger partial charge >= 0.3 is 15.6 Å². The molecule has 0 N–H and O–H groups in total. The SMILES string of the molecule is CC(C)(C)N1CCc2cc(OS(=O)(=O)C(F)(F)F)ncc2C1. The van der Waals surface area contributed by atoms with Crippen molar-refractivity contribution >= 4 is 10.1 Å². The van der Waals surface area contributed by atoms with E-state index in [9.17, 15) is 21.6 Å². The molecule has 0 amide bonds. The zero-order chi connectivity index (χ0) is 16.8. The lowest BCUT2D eigenvalue weighted by atomic mass is 9.96. The van der Waals surface area contributed by atoms with Crippen LogP contribution in [0.1, 0.15) is 31.9 Å². The lowest BCUT2D eigenvalue weighted by molar-refractivity contribution is -0.0501. The number of alkyl halides is 3. The highest BCUT2D eigenvalue weighted by molar-refractivity contribution is 7.87. The summed E-state index contributed by atoms with van der Waals surface area (Å²) in [5.41, 5.74) is -3.89. The van der Waals surface area contributed by atoms with Crippen molar-refractivity contribution in [2.45, 2.75) is 44.8 Å². The Morgan fingerprint density at radius 1 is 1.23 bits per heavy atom. The van der Waals surface area contributed by atoms with Crippen molar-refractivity contribution in [3.05, 3.63) is 23.4 Å². The largest absolute Gasteiger partial charge is 0.534 e. The number of aromatic nitrogens is 1. The molecular formula is C13H17F3N2O3S. The number of rotatable bonds is 2. The van der Waals surface area contributed by atoms with E-state index in [-0.39, 0.29) is 5.54 Å². The lowest BCUT2D eigenvalue weighted by Crippen LogP contribution is -2.44. The van der Waals surface area contributed by atoms with Crippen molar-refractivity contribution < 1.29 is 25.8 Å². The van der Waals surface area contributed by atoms with E-state index in [1.807, 2.05) is 0 Å². The Hall–Kier alpha value is -1.35. The van der Waals surface area contributed by atoms with E-state index < -0.39 is 21.5 Å². The van der Waals surface area contributed by atoms with Crippen LogP contribution >= 0.6 is 0 Å². The number of pyridine rings is 1. The summed E-state index contributed by atoms with van der Waals surface area (Å²) >= 11 is 0. The number of hydrogen-bond donors (Lipinski definition) is 0. The van der Waals surface area contributed by atoms with Gasteiger partial charge in [0.15, 0.2) is 0 Å². The standard InChI is InChI=1S/C13H17F3N2O3S/c1-12(2,3)18-5-4-9-6-11(17-7-10(9)8-18)21-22(19,20)13(14,15)16/h6-7H,4-5,8H2,1-3H3. The first-order chi connectivity index (χ1) is 9.90. The highest BCUT2D eigenvalue weighted by Gasteiger charge is 2.48. The van der Waals surface area contributed by atoms with Gasteiger partial charge in [-0.1, -0.05) is 0 Å². The van der Waals surface area contributed by atoms with E-state index in [2.05, 4.69) is 34.8 Å². The Bertz CT molecular complexity index is 666. The van der Waals surface area contributed by atoms with Crippen LogP contribution in [-0.4, -0.2) is 35.9 Å². The molecule has 0 aliphatic carbocycles. The molecule has 0 radical (unpaired) electrons. The van der Waals surface area contributed by atoms with Crippen LogP contribution in [0.25, 0.3) is 0 Å². The molecule has 0 spiro atoms. The van der Waals surface area contributed by atoms with Crippen LogP contribution in [-0.2, 0) is 23.1 Å². The fourth-order valence-corrected chi connectivity index (χ4v) is 2.61. The molecule has 1 aliphatic heterocycles. The van der Waals surface area contributed by atoms with Gasteiger partial charge in [-0.25, -0.2) is 4.98 Å². The molecule has 1 aromatic rings. The average Bonchev–Trinajstić information content (AvgIpc) is 2.35. The molecule has 0 saturated heterocycles. The van der Waals surface area contributed by atoms with Gasteiger partial charge in [0.25, 0.3) is 0 Å². The maximum Gasteiger partial charge on any atom is 0.534 e. The van der Waals surface area contributed by atoms with E-state index in [0.29, 0.717) is 13.0 Å². The lowest BCUT2D eigenvalue weighted by Gasteiger charge is -2.39. The summed E-state index contributed by atoms with van der Waals surface area (Å²) in [7, 11) is -5.68. The summed E-state index contributed by atoms with van der Waals surface area (Å²) in [5.74, 6) is -0.555. The summed E-state index contributed by atoms with van der Waals surface area (Å²) < 4.78 is 62.9. The van der Waals surface area contributed by atoms with E-state index >= 15 is 0 Å². The van der Waals surface area contributed by atoms with Gasteiger partial charge in [0, 0.05) is 30.9 Å². The Morgan fingerprint density at radius 3 is 2.41 bits per heavy atom. The minimum absolute atomic E-state index is 0.0352. The molecule has 0 saturated carbocycles. The molecule has 0 fully saturated rings. The minimum atomic E-state index is -5.68. The Balaban J connectivity index is 2.21. The van der Waals surface area contributed by atoms with Crippen molar-refractivity contribution in [3.63, 3.8) is 0 Å². The molecule has 5 nitrogen and oxygen atoms in total. The van der Waals surface area contributed by atoms with Gasteiger partial charge in [0.1, 0.15) is 0 Å². The molecule has 0 aromatic carbocycles. The molecule has 1 aliphatic rings. The molecule has 2 rings (SSSR count). The number of fused-ring (bicyclic) bond motifs is 1. The van der Waals surface area contributed by atoms with Crippen molar-refractivity contribution in [2.75, 3.05) is 6.54 Å². The van der Waals surface area contributed by atoms with E-state index in [1.165, 1.54) is 12.3 Å². The molecule has 0 atom stereocenters. The average molecular weight is 338 g/mol. The number of halogens is 3. The van der Waals surface area contributed by atoms with Crippen molar-refractivity contribution in [3.8, 4) is 5.88 Å². The number of nitrogens with zero attached hydrogens (tertiary/aromatic N) is 2. The molecule has 9 heteroatoms. The van der Waals surface area contributed by atoms with Crippen LogP contribution in [0.4, 0.5) is 13.2 Å². The zero-order valence-electron chi connectivity index (χ0n) is 12.4. The maximum atomic E-state index is 12.3. The Morgan fingerprint density at radius 2 is 1.86 bits per heavy atom. The van der Waals surface area contributed by atoms with Crippen LogP contribution in [0.15, 0.2) is 12.3 Å². The monoisotopic (exact) mass is 338 g/mol. The van der Waals surface area contributed by atoms with Gasteiger partial charge in [0.05, 0.1) is 0 Å². The van der Waals surface area contributed by atoms with E-state index in [0.717, 1.165) is 17.7 Å². The Labute approximate surface area is 127 Å². The second-order valence-corrected chi connectivity index (χ2v) is 7.65. The topological polar surface area (TPSA) is 59.5 Å². The predicted octanol–water partition coefficient (Wildman–Crippen LogP) is 2.47. The predicted molar refractivity (Wildman–Crippen MR) is 73.7 cm³/mol. The van der Waals surface area contributed by atoms with Crippen LogP contribution in [0.2, 0.25) is 0 Å². The molecule has 124 valence electrons. The first-order valence-corrected chi connectivity index (χ1v) is 8.04. The second kappa shape index (κ2) is 5.38. The molecule has 0 bridgehead atoms. The Kier molecular flexibility index (Phi) is 4.16. The van der Waals surface area contributed by atoms with Crippen molar-refractivity contribution in [2.24, 2.45) is 0 Å². The minimum Gasteiger partial charge on any atom is -0.355 e. The first-order valence-electron chi connectivity index (χ1n) is 6.64. The normalized spacial score (nSPS) is 17.2. The number of hydrogen-bond acceptors (Lipinski definition) is 5. The third-order valence-corrected chi connectivity index (χ3v) is 4.45. The van der Waals surface area contributed by atoms with Crippen molar-refractivity contribution in [1.82, 2.24) is 9.88 Å². The van der Waals surface area contributed by atoms with Gasteiger partial charge in [-0.3, -0.25) is 4.90 Å². The van der Waals surface area contributed by atoms with Crippen molar-refractivity contribution in [1.29, 1.82) is 0 Å². The summed E-state index contributed by atoms with van der Waals surface area (Å²) in [6, 6.07) is 1.26. The smallest absolute Gasteiger partial charge is 0.355 e. The molecule has 1 aromatic heterocycles. The van der Waals surface area contributed by atoms with Crippen LogP contribution in [0, 0.1) is 0 Å². The van der Waals surface area contributed by atoms with E-state index in [1.54, 1.807) is 0 Å². The third kappa shape index (κ3) is 3.52. The van der Waals surface area contributed by atoms with Gasteiger partial charge < -0.3 is 4.18 Å². The summed E-state index contributed by atoms with van der Waals surface area (Å²) in [5, 5.41) is 0. The third-order valence-electron chi connectivity index (χ3n) is 3.50. The van der Waals surface area contributed by atoms with Crippen LogP contribution in [0.3, 0.4) is 0 Å².